The summed E-state index contributed by atoms with van der Waals surface area (Å²) in [4.78, 5) is 36.9. The lowest BCUT2D eigenvalue weighted by molar-refractivity contribution is -0.198. The summed E-state index contributed by atoms with van der Waals surface area (Å²) in [5.41, 5.74) is -0.885. The smallest absolute Gasteiger partial charge is 0.303 e. The Morgan fingerprint density at radius 3 is 2.62 bits per heavy atom. The summed E-state index contributed by atoms with van der Waals surface area (Å²) in [6.45, 7) is 5.54. The van der Waals surface area contributed by atoms with Crippen molar-refractivity contribution in [1.29, 1.82) is 0 Å². The van der Waals surface area contributed by atoms with Gasteiger partial charge in [-0.15, -0.1) is 11.6 Å². The molecule has 4 rings (SSSR count). The van der Waals surface area contributed by atoms with Gasteiger partial charge in [-0.3, -0.25) is 14.4 Å². The summed E-state index contributed by atoms with van der Waals surface area (Å²) in [7, 11) is 0. The fraction of sp³-hybridized carbons (Fsp3) is 0.783. The van der Waals surface area contributed by atoms with Crippen molar-refractivity contribution in [3.63, 3.8) is 0 Å². The Kier molecular flexibility index (Phi) is 5.02. The van der Waals surface area contributed by atoms with Gasteiger partial charge in [0.25, 0.3) is 0 Å². The standard InChI is InChI=1S/C23H31ClO5/c1-13(25)29-23(19(28)12-24)9-7-17-16-5-4-14-10-15(26)6-8-21(14,2)20(16)18(27)11-22(17,23)3/h10,16-18,20,27H,4-9,11-12H2,1-3H3/t16-,17-,18-,20-,21-,22-,23-/m0/s1. The highest BCUT2D eigenvalue weighted by Crippen LogP contribution is 2.68. The number of carbonyl (C=O) groups excluding carboxylic acids is 3. The molecule has 4 aliphatic rings. The predicted molar refractivity (Wildman–Crippen MR) is 108 cm³/mol. The summed E-state index contributed by atoms with van der Waals surface area (Å²) >= 11 is 5.96. The number of hydrogen-bond donors (Lipinski definition) is 1. The van der Waals surface area contributed by atoms with Gasteiger partial charge in [-0.1, -0.05) is 19.4 Å². The molecule has 29 heavy (non-hydrogen) atoms. The second kappa shape index (κ2) is 6.91. The Morgan fingerprint density at radius 1 is 1.24 bits per heavy atom. The molecule has 0 amide bonds. The molecule has 3 fully saturated rings. The zero-order chi connectivity index (χ0) is 21.2. The molecule has 1 N–H and O–H groups in total. The number of aliphatic hydroxyl groups excluding tert-OH is 1. The first-order chi connectivity index (χ1) is 13.6. The summed E-state index contributed by atoms with van der Waals surface area (Å²) < 4.78 is 5.76. The number of fused-ring (bicyclic) bond motifs is 5. The van der Waals surface area contributed by atoms with E-state index in [0.717, 1.165) is 25.7 Å². The molecule has 7 atom stereocenters. The minimum absolute atomic E-state index is 0.0629. The normalized spacial score (nSPS) is 46.2. The van der Waals surface area contributed by atoms with Crippen LogP contribution in [0.4, 0.5) is 0 Å². The monoisotopic (exact) mass is 422 g/mol. The van der Waals surface area contributed by atoms with Crippen LogP contribution in [0.3, 0.4) is 0 Å². The van der Waals surface area contributed by atoms with Crippen LogP contribution < -0.4 is 0 Å². The van der Waals surface area contributed by atoms with Crippen LogP contribution in [0.15, 0.2) is 11.6 Å². The number of rotatable bonds is 3. The van der Waals surface area contributed by atoms with Crippen LogP contribution in [-0.4, -0.2) is 40.2 Å². The number of halogens is 1. The van der Waals surface area contributed by atoms with Crippen LogP contribution in [0.25, 0.3) is 0 Å². The lowest BCUT2D eigenvalue weighted by atomic mass is 9.45. The molecule has 0 aromatic rings. The third-order valence-electron chi connectivity index (χ3n) is 8.91. The van der Waals surface area contributed by atoms with Crippen molar-refractivity contribution in [2.75, 3.05) is 5.88 Å². The number of alkyl halides is 1. The summed E-state index contributed by atoms with van der Waals surface area (Å²) in [6.07, 6.45) is 5.91. The number of aliphatic hydroxyl groups is 1. The largest absolute Gasteiger partial charge is 0.451 e. The highest BCUT2D eigenvalue weighted by atomic mass is 35.5. The number of carbonyl (C=O) groups is 3. The van der Waals surface area contributed by atoms with E-state index in [1.165, 1.54) is 12.5 Å². The summed E-state index contributed by atoms with van der Waals surface area (Å²) in [5, 5.41) is 11.4. The van der Waals surface area contributed by atoms with Gasteiger partial charge < -0.3 is 9.84 Å². The third kappa shape index (κ3) is 2.79. The molecule has 0 heterocycles. The van der Waals surface area contributed by atoms with Crippen LogP contribution in [0.2, 0.25) is 0 Å². The number of hydrogen-bond acceptors (Lipinski definition) is 5. The summed E-state index contributed by atoms with van der Waals surface area (Å²) in [6, 6.07) is 0. The van der Waals surface area contributed by atoms with E-state index in [9.17, 15) is 19.5 Å². The van der Waals surface area contributed by atoms with Gasteiger partial charge in [0, 0.05) is 18.8 Å². The lowest BCUT2D eigenvalue weighted by Gasteiger charge is -2.60. The number of ketones is 2. The first-order valence-corrected chi connectivity index (χ1v) is 11.3. The molecule has 0 unspecified atom stereocenters. The third-order valence-corrected chi connectivity index (χ3v) is 9.15. The van der Waals surface area contributed by atoms with Crippen LogP contribution in [-0.2, 0) is 19.1 Å². The van der Waals surface area contributed by atoms with E-state index in [1.807, 2.05) is 13.0 Å². The van der Waals surface area contributed by atoms with Crippen molar-refractivity contribution in [3.05, 3.63) is 11.6 Å². The van der Waals surface area contributed by atoms with Gasteiger partial charge in [-0.05, 0) is 67.8 Å². The van der Waals surface area contributed by atoms with E-state index in [2.05, 4.69) is 6.92 Å². The van der Waals surface area contributed by atoms with E-state index < -0.39 is 23.1 Å². The minimum atomic E-state index is -1.25. The van der Waals surface area contributed by atoms with E-state index in [-0.39, 0.29) is 40.6 Å². The molecule has 3 saturated carbocycles. The van der Waals surface area contributed by atoms with Crippen molar-refractivity contribution < 1.29 is 24.2 Å². The molecule has 0 saturated heterocycles. The highest BCUT2D eigenvalue weighted by Gasteiger charge is 2.70. The first kappa shape index (κ1) is 21.0. The predicted octanol–water partition coefficient (Wildman–Crippen LogP) is 3.60. The average Bonchev–Trinajstić information content (AvgIpc) is 2.93. The van der Waals surface area contributed by atoms with E-state index in [4.69, 9.17) is 16.3 Å². The van der Waals surface area contributed by atoms with Gasteiger partial charge in [0.2, 0.25) is 0 Å². The second-order valence-corrected chi connectivity index (χ2v) is 10.4. The molecule has 4 aliphatic carbocycles. The van der Waals surface area contributed by atoms with Crippen molar-refractivity contribution in [1.82, 2.24) is 0 Å². The summed E-state index contributed by atoms with van der Waals surface area (Å²) in [5.74, 6) is -0.268. The zero-order valence-corrected chi connectivity index (χ0v) is 18.3. The molecule has 6 heteroatoms. The van der Waals surface area contributed by atoms with E-state index in [1.54, 1.807) is 0 Å². The number of esters is 1. The molecule has 0 spiro atoms. The fourth-order valence-electron chi connectivity index (χ4n) is 7.71. The quantitative estimate of drug-likeness (QED) is 0.555. The van der Waals surface area contributed by atoms with Crippen LogP contribution >= 0.6 is 11.6 Å². The number of ether oxygens (including phenoxy) is 1. The molecular formula is C23H31ClO5. The molecule has 0 aliphatic heterocycles. The first-order valence-electron chi connectivity index (χ1n) is 10.8. The van der Waals surface area contributed by atoms with Crippen molar-refractivity contribution in [2.45, 2.75) is 77.4 Å². The molecule has 0 aromatic carbocycles. The van der Waals surface area contributed by atoms with Crippen LogP contribution in [0, 0.1) is 28.6 Å². The van der Waals surface area contributed by atoms with Gasteiger partial charge in [0.05, 0.1) is 12.0 Å². The molecule has 0 bridgehead atoms. The van der Waals surface area contributed by atoms with E-state index in [0.29, 0.717) is 19.3 Å². The number of Topliss-reactive ketones (excluding diaryl/α,β-unsaturated/α-hetero) is 1. The molecular weight excluding hydrogens is 392 g/mol. The van der Waals surface area contributed by atoms with Crippen molar-refractivity contribution >= 4 is 29.1 Å². The molecule has 5 nitrogen and oxygen atoms in total. The fourth-order valence-corrected chi connectivity index (χ4v) is 7.93. The van der Waals surface area contributed by atoms with Gasteiger partial charge in [-0.2, -0.15) is 0 Å². The lowest BCUT2D eigenvalue weighted by Crippen LogP contribution is -2.63. The maximum atomic E-state index is 13.0. The number of allylic oxidation sites excluding steroid dienone is 1. The molecule has 0 aromatic heterocycles. The second-order valence-electron chi connectivity index (χ2n) is 10.1. The Balaban J connectivity index is 1.76. The molecule has 0 radical (unpaired) electrons. The topological polar surface area (TPSA) is 80.7 Å². The molecule has 160 valence electrons. The zero-order valence-electron chi connectivity index (χ0n) is 17.5. The van der Waals surface area contributed by atoms with Gasteiger partial charge in [0.1, 0.15) is 0 Å². The van der Waals surface area contributed by atoms with Crippen LogP contribution in [0.5, 0.6) is 0 Å². The Labute approximate surface area is 177 Å². The van der Waals surface area contributed by atoms with Crippen molar-refractivity contribution in [2.24, 2.45) is 28.6 Å². The average molecular weight is 423 g/mol. The Hall–Kier alpha value is -1.20. The minimum Gasteiger partial charge on any atom is -0.451 e. The maximum Gasteiger partial charge on any atom is 0.303 e. The Bertz CT molecular complexity index is 790. The van der Waals surface area contributed by atoms with Crippen LogP contribution in [0.1, 0.15) is 65.7 Å². The Morgan fingerprint density at radius 2 is 1.97 bits per heavy atom. The van der Waals surface area contributed by atoms with Gasteiger partial charge in [-0.25, -0.2) is 0 Å². The van der Waals surface area contributed by atoms with Gasteiger partial charge >= 0.3 is 5.97 Å². The highest BCUT2D eigenvalue weighted by molar-refractivity contribution is 6.29. The SMILES string of the molecule is CC(=O)O[C@]1(C(=O)CCl)CC[C@H]2[C@@H]3CCC4=CC(=O)CC[C@]4(C)[C@@H]3[C@@H](O)C[C@@]21C. The van der Waals surface area contributed by atoms with E-state index >= 15 is 0 Å². The van der Waals surface area contributed by atoms with Gasteiger partial charge in [0.15, 0.2) is 17.2 Å². The maximum absolute atomic E-state index is 13.0. The van der Waals surface area contributed by atoms with Crippen molar-refractivity contribution in [3.8, 4) is 0 Å².